The first-order valence-electron chi connectivity index (χ1n) is 17.7. The maximum atomic E-state index is 3.90. The Kier molecular flexibility index (Phi) is 20.6. The summed E-state index contributed by atoms with van der Waals surface area (Å²) in [5.41, 5.74) is 7.19. The van der Waals surface area contributed by atoms with Crippen molar-refractivity contribution in [3.63, 3.8) is 0 Å². The minimum atomic E-state index is 1.18. The lowest BCUT2D eigenvalue weighted by molar-refractivity contribution is 0.587. The molecule has 40 heavy (non-hydrogen) atoms. The van der Waals surface area contributed by atoms with Gasteiger partial charge in [-0.2, -0.15) is 0 Å². The van der Waals surface area contributed by atoms with Crippen LogP contribution in [0, 0.1) is 0 Å². The number of aryl methyl sites for hydroxylation is 3. The molecule has 0 spiro atoms. The van der Waals surface area contributed by atoms with Gasteiger partial charge in [0.05, 0.1) is 0 Å². The van der Waals surface area contributed by atoms with E-state index in [2.05, 4.69) is 68.6 Å². The largest absolute Gasteiger partial charge is 0.355 e. The highest BCUT2D eigenvalue weighted by atomic mass is 14.9. The van der Waals surface area contributed by atoms with Crippen LogP contribution in [0.4, 0.5) is 11.4 Å². The molecular weight excluding hydrogens is 482 g/mol. The van der Waals surface area contributed by atoms with Crippen LogP contribution in [0.3, 0.4) is 0 Å². The average Bonchev–Trinajstić information content (AvgIpc) is 2.97. The molecular formula is C39H65N. The zero-order chi connectivity index (χ0) is 28.5. The predicted molar refractivity (Wildman–Crippen MR) is 181 cm³/mol. The van der Waals surface area contributed by atoms with Crippen LogP contribution in [-0.4, -0.2) is 0 Å². The topological polar surface area (TPSA) is 12.0 Å². The van der Waals surface area contributed by atoms with Crippen LogP contribution in [0.15, 0.2) is 42.5 Å². The normalized spacial score (nSPS) is 11.3. The van der Waals surface area contributed by atoms with E-state index in [1.54, 1.807) is 0 Å². The number of unbranched alkanes of at least 4 members (excludes halogenated alkanes) is 18. The monoisotopic (exact) mass is 548 g/mol. The second kappa shape index (κ2) is 23.9. The van der Waals surface area contributed by atoms with Gasteiger partial charge in [0, 0.05) is 11.4 Å². The molecule has 0 aliphatic rings. The Labute approximate surface area is 250 Å². The van der Waals surface area contributed by atoms with E-state index in [9.17, 15) is 0 Å². The van der Waals surface area contributed by atoms with Crippen molar-refractivity contribution in [1.82, 2.24) is 0 Å². The molecule has 0 atom stereocenters. The van der Waals surface area contributed by atoms with Gasteiger partial charge in [-0.25, -0.2) is 0 Å². The molecule has 0 fully saturated rings. The maximum Gasteiger partial charge on any atom is 0.0417 e. The molecule has 0 saturated carbocycles. The van der Waals surface area contributed by atoms with Crippen LogP contribution in [0.1, 0.15) is 172 Å². The van der Waals surface area contributed by atoms with Gasteiger partial charge < -0.3 is 5.32 Å². The average molecular weight is 548 g/mol. The van der Waals surface area contributed by atoms with Crippen molar-refractivity contribution in [2.24, 2.45) is 0 Å². The van der Waals surface area contributed by atoms with E-state index in [-0.39, 0.29) is 0 Å². The van der Waals surface area contributed by atoms with E-state index in [0.29, 0.717) is 0 Å². The van der Waals surface area contributed by atoms with E-state index in [0.717, 1.165) is 0 Å². The summed E-state index contributed by atoms with van der Waals surface area (Å²) in [6.07, 6.45) is 32.5. The maximum absolute atomic E-state index is 3.90. The van der Waals surface area contributed by atoms with E-state index in [1.165, 1.54) is 182 Å². The Hall–Kier alpha value is -1.76. The molecule has 2 aromatic rings. The lowest BCUT2D eigenvalue weighted by Gasteiger charge is -2.17. The summed E-state index contributed by atoms with van der Waals surface area (Å²) in [5, 5.41) is 3.90. The SMILES string of the molecule is CCCCCCCCCc1ccc(Nc2ccccc2CCCCCCCCC)c(CCCCCCCCC)c1. The van der Waals surface area contributed by atoms with Gasteiger partial charge in [-0.3, -0.25) is 0 Å². The first-order valence-corrected chi connectivity index (χ1v) is 17.7. The highest BCUT2D eigenvalue weighted by Gasteiger charge is 2.09. The van der Waals surface area contributed by atoms with Gasteiger partial charge in [0.1, 0.15) is 0 Å². The quantitative estimate of drug-likeness (QED) is 0.115. The molecule has 1 nitrogen and oxygen atoms in total. The number of hydrogen-bond acceptors (Lipinski definition) is 1. The molecule has 0 aromatic heterocycles. The number of anilines is 2. The molecule has 1 N–H and O–H groups in total. The number of nitrogens with one attached hydrogen (secondary N) is 1. The third-order valence-electron chi connectivity index (χ3n) is 8.62. The Morgan fingerprint density at radius 3 is 1.38 bits per heavy atom. The highest BCUT2D eigenvalue weighted by molar-refractivity contribution is 5.66. The van der Waals surface area contributed by atoms with Crippen LogP contribution in [-0.2, 0) is 19.3 Å². The molecule has 0 unspecified atom stereocenters. The van der Waals surface area contributed by atoms with Crippen LogP contribution in [0.25, 0.3) is 0 Å². The fourth-order valence-electron chi connectivity index (χ4n) is 5.97. The van der Waals surface area contributed by atoms with Crippen molar-refractivity contribution in [1.29, 1.82) is 0 Å². The number of benzene rings is 2. The van der Waals surface area contributed by atoms with Crippen LogP contribution >= 0.6 is 0 Å². The fourth-order valence-corrected chi connectivity index (χ4v) is 5.97. The van der Waals surface area contributed by atoms with E-state index in [1.807, 2.05) is 0 Å². The second-order valence-corrected chi connectivity index (χ2v) is 12.4. The van der Waals surface area contributed by atoms with Crippen molar-refractivity contribution < 1.29 is 0 Å². The molecule has 0 saturated heterocycles. The van der Waals surface area contributed by atoms with Crippen molar-refractivity contribution in [3.05, 3.63) is 59.2 Å². The Morgan fingerprint density at radius 2 is 0.825 bits per heavy atom. The third-order valence-corrected chi connectivity index (χ3v) is 8.62. The van der Waals surface area contributed by atoms with Crippen LogP contribution in [0.2, 0.25) is 0 Å². The number of para-hydroxylation sites is 1. The summed E-state index contributed by atoms with van der Waals surface area (Å²) in [7, 11) is 0. The molecule has 0 radical (unpaired) electrons. The van der Waals surface area contributed by atoms with Crippen molar-refractivity contribution in [2.45, 2.75) is 175 Å². The number of hydrogen-bond donors (Lipinski definition) is 1. The van der Waals surface area contributed by atoms with Crippen molar-refractivity contribution in [2.75, 3.05) is 5.32 Å². The molecule has 1 heteroatoms. The summed E-state index contributed by atoms with van der Waals surface area (Å²) in [5.74, 6) is 0. The predicted octanol–water partition coefficient (Wildman–Crippen LogP) is 13.3. The van der Waals surface area contributed by atoms with E-state index >= 15 is 0 Å². The van der Waals surface area contributed by atoms with Gasteiger partial charge in [-0.1, -0.05) is 167 Å². The summed E-state index contributed by atoms with van der Waals surface area (Å²) in [4.78, 5) is 0. The highest BCUT2D eigenvalue weighted by Crippen LogP contribution is 2.28. The summed E-state index contributed by atoms with van der Waals surface area (Å²) in [6, 6.07) is 16.4. The van der Waals surface area contributed by atoms with E-state index in [4.69, 9.17) is 0 Å². The minimum Gasteiger partial charge on any atom is -0.355 e. The molecule has 226 valence electrons. The van der Waals surface area contributed by atoms with Crippen LogP contribution in [0.5, 0.6) is 0 Å². The Balaban J connectivity index is 1.96. The molecule has 2 rings (SSSR count). The standard InChI is InChI=1S/C39H65N/c1-4-7-10-13-16-19-22-27-35-32-33-39(37(34-35)30-24-21-18-15-12-9-6-3)40-38-31-26-25-29-36(38)28-23-20-17-14-11-8-5-2/h25-26,29,31-34,40H,4-24,27-28,30H2,1-3H3. The van der Waals surface area contributed by atoms with Gasteiger partial charge in [0.25, 0.3) is 0 Å². The second-order valence-electron chi connectivity index (χ2n) is 12.4. The van der Waals surface area contributed by atoms with Gasteiger partial charge in [0.2, 0.25) is 0 Å². The summed E-state index contributed by atoms with van der Waals surface area (Å²) < 4.78 is 0. The van der Waals surface area contributed by atoms with Crippen molar-refractivity contribution >= 4 is 11.4 Å². The smallest absolute Gasteiger partial charge is 0.0417 e. The van der Waals surface area contributed by atoms with Gasteiger partial charge >= 0.3 is 0 Å². The molecule has 2 aromatic carbocycles. The minimum absolute atomic E-state index is 1.18. The fraction of sp³-hybridized carbons (Fsp3) is 0.692. The molecule has 0 aliphatic heterocycles. The zero-order valence-electron chi connectivity index (χ0n) is 27.0. The van der Waals surface area contributed by atoms with Crippen LogP contribution < -0.4 is 5.32 Å². The number of rotatable bonds is 26. The Bertz CT molecular complexity index is 854. The summed E-state index contributed by atoms with van der Waals surface area (Å²) in [6.45, 7) is 6.91. The zero-order valence-corrected chi connectivity index (χ0v) is 27.0. The molecule has 0 bridgehead atoms. The summed E-state index contributed by atoms with van der Waals surface area (Å²) >= 11 is 0. The first-order chi connectivity index (χ1) is 19.8. The Morgan fingerprint density at radius 1 is 0.400 bits per heavy atom. The first kappa shape index (κ1) is 34.4. The van der Waals surface area contributed by atoms with Gasteiger partial charge in [-0.05, 0) is 67.3 Å². The third kappa shape index (κ3) is 15.9. The lowest BCUT2D eigenvalue weighted by Crippen LogP contribution is -2.01. The lowest BCUT2D eigenvalue weighted by atomic mass is 9.97. The van der Waals surface area contributed by atoms with Crippen molar-refractivity contribution in [3.8, 4) is 0 Å². The van der Waals surface area contributed by atoms with Gasteiger partial charge in [0.15, 0.2) is 0 Å². The molecule has 0 aliphatic carbocycles. The molecule has 0 amide bonds. The van der Waals surface area contributed by atoms with E-state index < -0.39 is 0 Å². The molecule has 0 heterocycles. The van der Waals surface area contributed by atoms with Gasteiger partial charge in [-0.15, -0.1) is 0 Å².